The van der Waals surface area contributed by atoms with Crippen molar-refractivity contribution >= 4 is 22.8 Å². The number of hydrogen-bond donors (Lipinski definition) is 1. The van der Waals surface area contributed by atoms with Gasteiger partial charge in [-0.25, -0.2) is 9.67 Å². The lowest BCUT2D eigenvalue weighted by Crippen LogP contribution is -2.20. The van der Waals surface area contributed by atoms with Crippen molar-refractivity contribution in [2.24, 2.45) is 7.05 Å². The van der Waals surface area contributed by atoms with Crippen LogP contribution in [0.3, 0.4) is 0 Å². The number of amides is 1. The molecule has 0 spiro atoms. The molecule has 0 aliphatic heterocycles. The minimum atomic E-state index is -0.205. The van der Waals surface area contributed by atoms with E-state index in [0.29, 0.717) is 28.7 Å². The van der Waals surface area contributed by atoms with E-state index in [9.17, 15) is 4.79 Å². The first kappa shape index (κ1) is 18.6. The van der Waals surface area contributed by atoms with Gasteiger partial charge in [0, 0.05) is 13.1 Å². The lowest BCUT2D eigenvalue weighted by atomic mass is 9.96. The van der Waals surface area contributed by atoms with Crippen LogP contribution in [0.5, 0.6) is 0 Å². The van der Waals surface area contributed by atoms with E-state index in [1.807, 2.05) is 30.8 Å². The Bertz CT molecular complexity index is 1200. The summed E-state index contributed by atoms with van der Waals surface area (Å²) in [5.74, 6) is 1.12. The van der Waals surface area contributed by atoms with Crippen molar-refractivity contribution in [1.82, 2.24) is 24.5 Å². The van der Waals surface area contributed by atoms with Crippen LogP contribution in [0.4, 0.5) is 5.82 Å². The van der Waals surface area contributed by atoms with Gasteiger partial charge in [-0.15, -0.1) is 0 Å². The number of furan rings is 1. The first-order valence-electron chi connectivity index (χ1n) is 10.3. The van der Waals surface area contributed by atoms with E-state index >= 15 is 0 Å². The maximum absolute atomic E-state index is 13.4. The summed E-state index contributed by atoms with van der Waals surface area (Å²) < 4.78 is 9.17. The fourth-order valence-corrected chi connectivity index (χ4v) is 4.39. The molecule has 5 rings (SSSR count). The summed E-state index contributed by atoms with van der Waals surface area (Å²) >= 11 is 0. The summed E-state index contributed by atoms with van der Waals surface area (Å²) in [7, 11) is 1.83. The minimum Gasteiger partial charge on any atom is -0.463 e. The number of aromatic nitrogens is 5. The maximum Gasteiger partial charge on any atom is 0.257 e. The van der Waals surface area contributed by atoms with Crippen LogP contribution in [-0.2, 0) is 7.05 Å². The average molecular weight is 404 g/mol. The molecule has 154 valence electrons. The smallest absolute Gasteiger partial charge is 0.257 e. The Morgan fingerprint density at radius 1 is 1.23 bits per heavy atom. The summed E-state index contributed by atoms with van der Waals surface area (Å²) in [6.45, 7) is 1.89. The molecular formula is C22H24N6O2. The Morgan fingerprint density at radius 3 is 2.83 bits per heavy atom. The van der Waals surface area contributed by atoms with Crippen LogP contribution in [0.2, 0.25) is 0 Å². The van der Waals surface area contributed by atoms with Gasteiger partial charge in [0.1, 0.15) is 11.5 Å². The van der Waals surface area contributed by atoms with E-state index in [2.05, 4.69) is 20.5 Å². The zero-order valence-electron chi connectivity index (χ0n) is 17.1. The number of anilines is 1. The van der Waals surface area contributed by atoms with Crippen LogP contribution in [-0.4, -0.2) is 30.5 Å². The lowest BCUT2D eigenvalue weighted by Gasteiger charge is -2.24. The summed E-state index contributed by atoms with van der Waals surface area (Å²) in [4.78, 5) is 18.1. The summed E-state index contributed by atoms with van der Waals surface area (Å²) in [5.41, 5.74) is 2.53. The summed E-state index contributed by atoms with van der Waals surface area (Å²) in [6, 6.07) is 7.59. The van der Waals surface area contributed by atoms with E-state index in [1.54, 1.807) is 29.3 Å². The Balaban J connectivity index is 1.55. The van der Waals surface area contributed by atoms with Gasteiger partial charge < -0.3 is 9.73 Å². The topological polar surface area (TPSA) is 90.8 Å². The van der Waals surface area contributed by atoms with Crippen molar-refractivity contribution in [1.29, 1.82) is 0 Å². The number of nitrogens with one attached hydrogen (secondary N) is 1. The van der Waals surface area contributed by atoms with Crippen LogP contribution >= 0.6 is 0 Å². The van der Waals surface area contributed by atoms with Crippen molar-refractivity contribution in [3.05, 3.63) is 48.0 Å². The third-order valence-corrected chi connectivity index (χ3v) is 5.82. The van der Waals surface area contributed by atoms with Crippen molar-refractivity contribution in [2.75, 3.05) is 5.32 Å². The quantitative estimate of drug-likeness (QED) is 0.541. The van der Waals surface area contributed by atoms with Crippen LogP contribution in [0.25, 0.3) is 22.5 Å². The molecule has 1 fully saturated rings. The monoisotopic (exact) mass is 404 g/mol. The van der Waals surface area contributed by atoms with Gasteiger partial charge in [0.2, 0.25) is 0 Å². The third-order valence-electron chi connectivity index (χ3n) is 5.82. The van der Waals surface area contributed by atoms with Crippen molar-refractivity contribution in [3.63, 3.8) is 0 Å². The molecule has 0 aromatic carbocycles. The van der Waals surface area contributed by atoms with Crippen molar-refractivity contribution in [3.8, 4) is 11.5 Å². The van der Waals surface area contributed by atoms with E-state index in [1.165, 1.54) is 19.3 Å². The fourth-order valence-electron chi connectivity index (χ4n) is 4.39. The zero-order valence-corrected chi connectivity index (χ0v) is 17.1. The number of rotatable bonds is 4. The molecule has 8 heteroatoms. The minimum absolute atomic E-state index is 0.205. The highest BCUT2D eigenvalue weighted by atomic mass is 16.3. The molecule has 8 nitrogen and oxygen atoms in total. The van der Waals surface area contributed by atoms with Crippen molar-refractivity contribution in [2.45, 2.75) is 45.1 Å². The highest BCUT2D eigenvalue weighted by Crippen LogP contribution is 2.31. The fraction of sp³-hybridized carbons (Fsp3) is 0.364. The third kappa shape index (κ3) is 3.18. The Kier molecular flexibility index (Phi) is 4.61. The second-order valence-electron chi connectivity index (χ2n) is 7.85. The van der Waals surface area contributed by atoms with Gasteiger partial charge in [-0.2, -0.15) is 10.2 Å². The largest absolute Gasteiger partial charge is 0.463 e. The molecule has 1 N–H and O–H groups in total. The van der Waals surface area contributed by atoms with Gasteiger partial charge in [0.05, 0.1) is 35.1 Å². The van der Waals surface area contributed by atoms with E-state index in [4.69, 9.17) is 4.42 Å². The molecule has 1 saturated carbocycles. The molecule has 1 aliphatic rings. The number of carbonyl (C=O) groups is 1. The lowest BCUT2D eigenvalue weighted by molar-refractivity contribution is 0.102. The van der Waals surface area contributed by atoms with E-state index in [0.717, 1.165) is 29.7 Å². The predicted octanol–water partition coefficient (Wildman–Crippen LogP) is 4.49. The van der Waals surface area contributed by atoms with Crippen molar-refractivity contribution < 1.29 is 9.21 Å². The summed E-state index contributed by atoms with van der Waals surface area (Å²) in [6.07, 6.45) is 9.19. The number of pyridine rings is 1. The highest BCUT2D eigenvalue weighted by Gasteiger charge is 2.23. The molecule has 4 aromatic heterocycles. The molecule has 0 radical (unpaired) electrons. The number of fused-ring (bicyclic) bond motifs is 1. The number of hydrogen-bond acceptors (Lipinski definition) is 5. The SMILES string of the molecule is Cc1nn(C)c2nc(-c3ccco3)cc(C(=O)Nc3ccnn3C3CCCCC3)c12. The number of carbonyl (C=O) groups excluding carboxylic acids is 1. The summed E-state index contributed by atoms with van der Waals surface area (Å²) in [5, 5.41) is 12.8. The zero-order chi connectivity index (χ0) is 20.7. The molecule has 1 aliphatic carbocycles. The van der Waals surface area contributed by atoms with Gasteiger partial charge in [-0.3, -0.25) is 9.48 Å². The molecule has 1 amide bonds. The first-order valence-corrected chi connectivity index (χ1v) is 10.3. The number of nitrogens with zero attached hydrogens (tertiary/aromatic N) is 5. The van der Waals surface area contributed by atoms with Crippen LogP contribution in [0.15, 0.2) is 41.1 Å². The maximum atomic E-state index is 13.4. The van der Waals surface area contributed by atoms with Crippen LogP contribution in [0.1, 0.15) is 54.2 Å². The predicted molar refractivity (Wildman–Crippen MR) is 113 cm³/mol. The molecular weight excluding hydrogens is 380 g/mol. The number of aryl methyl sites for hydroxylation is 2. The Labute approximate surface area is 173 Å². The van der Waals surface area contributed by atoms with Gasteiger partial charge in [-0.1, -0.05) is 19.3 Å². The molecule has 30 heavy (non-hydrogen) atoms. The molecule has 0 bridgehead atoms. The van der Waals surface area contributed by atoms with Crippen LogP contribution in [0, 0.1) is 6.92 Å². The average Bonchev–Trinajstić information content (AvgIpc) is 3.50. The molecule has 4 heterocycles. The normalized spacial score (nSPS) is 15.0. The second kappa shape index (κ2) is 7.44. The Morgan fingerprint density at radius 2 is 2.07 bits per heavy atom. The van der Waals surface area contributed by atoms with Gasteiger partial charge in [-0.05, 0) is 38.0 Å². The highest BCUT2D eigenvalue weighted by molar-refractivity contribution is 6.13. The van der Waals surface area contributed by atoms with E-state index in [-0.39, 0.29) is 5.91 Å². The standard InChI is InChI=1S/C22H24N6O2/c1-14-20-16(13-17(18-9-6-12-30-18)24-21(20)27(2)26-14)22(29)25-19-10-11-23-28(19)15-7-4-3-5-8-15/h6,9-13,15H,3-5,7-8H2,1-2H3,(H,25,29). The van der Waals surface area contributed by atoms with Gasteiger partial charge >= 0.3 is 0 Å². The van der Waals surface area contributed by atoms with Crippen LogP contribution < -0.4 is 5.32 Å². The second-order valence-corrected chi connectivity index (χ2v) is 7.85. The van der Waals surface area contributed by atoms with Gasteiger partial charge in [0.25, 0.3) is 5.91 Å². The Hall–Kier alpha value is -3.42. The molecule has 0 saturated heterocycles. The first-order chi connectivity index (χ1) is 14.6. The molecule has 4 aromatic rings. The molecule has 0 unspecified atom stereocenters. The van der Waals surface area contributed by atoms with E-state index < -0.39 is 0 Å². The molecule has 0 atom stereocenters. The van der Waals surface area contributed by atoms with Gasteiger partial charge in [0.15, 0.2) is 11.4 Å².